The highest BCUT2D eigenvalue weighted by atomic mass is 15.0. The van der Waals surface area contributed by atoms with E-state index in [1.807, 2.05) is 6.08 Å². The van der Waals surface area contributed by atoms with Crippen LogP contribution in [0.25, 0.3) is 72.2 Å². The first kappa shape index (κ1) is 29.1. The summed E-state index contributed by atoms with van der Waals surface area (Å²) in [5.41, 5.74) is 15.0. The van der Waals surface area contributed by atoms with Crippen molar-refractivity contribution in [2.24, 2.45) is 0 Å². The number of allylic oxidation sites excluding steroid dienone is 9. The molecule has 0 saturated heterocycles. The zero-order chi connectivity index (χ0) is 32.9. The van der Waals surface area contributed by atoms with Crippen LogP contribution in [0, 0.1) is 0 Å². The normalized spacial score (nSPS) is 15.8. The fourth-order valence-corrected chi connectivity index (χ4v) is 7.65. The van der Waals surface area contributed by atoms with Crippen molar-refractivity contribution in [1.82, 2.24) is 14.5 Å². The van der Waals surface area contributed by atoms with E-state index in [0.29, 0.717) is 0 Å². The largest absolute Gasteiger partial charge is 0.308 e. The number of benzene rings is 5. The molecule has 3 heterocycles. The molecule has 0 spiro atoms. The first-order valence-electron chi connectivity index (χ1n) is 17.1. The van der Waals surface area contributed by atoms with E-state index >= 15 is 0 Å². The molecule has 7 aromatic rings. The minimum atomic E-state index is 0.725. The lowest BCUT2D eigenvalue weighted by Crippen LogP contribution is -2.06. The van der Waals surface area contributed by atoms with Crippen LogP contribution in [0.2, 0.25) is 0 Å². The van der Waals surface area contributed by atoms with Crippen LogP contribution < -0.4 is 0 Å². The lowest BCUT2D eigenvalue weighted by atomic mass is 9.91. The maximum absolute atomic E-state index is 5.28. The Morgan fingerprint density at radius 1 is 0.735 bits per heavy atom. The smallest absolute Gasteiger partial charge is 0.160 e. The molecule has 9 rings (SSSR count). The Labute approximate surface area is 286 Å². The van der Waals surface area contributed by atoms with Crippen LogP contribution in [0.15, 0.2) is 158 Å². The second-order valence-corrected chi connectivity index (χ2v) is 12.8. The lowest BCUT2D eigenvalue weighted by molar-refractivity contribution is 1.04. The minimum absolute atomic E-state index is 0.725. The van der Waals surface area contributed by atoms with Gasteiger partial charge in [0.1, 0.15) is 0 Å². The molecule has 0 radical (unpaired) electrons. The van der Waals surface area contributed by atoms with Gasteiger partial charge in [0.15, 0.2) is 5.82 Å². The van der Waals surface area contributed by atoms with Crippen LogP contribution in [-0.4, -0.2) is 14.5 Å². The average Bonchev–Trinajstić information content (AvgIpc) is 3.49. The first-order valence-corrected chi connectivity index (χ1v) is 17.1. The third-order valence-electron chi connectivity index (χ3n) is 9.96. The van der Waals surface area contributed by atoms with Crippen LogP contribution in [0.4, 0.5) is 0 Å². The molecule has 0 amide bonds. The SMILES string of the molecule is C=C/C1=C(\C=C/C)c2cccc3c4cc(-c5nc(-c6ccc(C7=CCCC=C7)cc6)c6ccccc6n5)ccc4n(c23)-c2ccccc2C1. The number of hydrogen-bond acceptors (Lipinski definition) is 2. The Hall–Kier alpha value is -6.06. The van der Waals surface area contributed by atoms with E-state index in [-0.39, 0.29) is 0 Å². The zero-order valence-electron chi connectivity index (χ0n) is 27.5. The maximum Gasteiger partial charge on any atom is 0.160 e. The Bertz CT molecular complexity index is 2590. The van der Waals surface area contributed by atoms with Crippen LogP contribution in [0.5, 0.6) is 0 Å². The van der Waals surface area contributed by atoms with Gasteiger partial charge in [-0.25, -0.2) is 9.97 Å². The minimum Gasteiger partial charge on any atom is -0.308 e. The summed E-state index contributed by atoms with van der Waals surface area (Å²) in [6.45, 7) is 6.31. The van der Waals surface area contributed by atoms with Crippen molar-refractivity contribution in [1.29, 1.82) is 0 Å². The van der Waals surface area contributed by atoms with Crippen molar-refractivity contribution < 1.29 is 0 Å². The van der Waals surface area contributed by atoms with E-state index in [1.54, 1.807) is 0 Å². The molecule has 1 aliphatic heterocycles. The van der Waals surface area contributed by atoms with E-state index in [9.17, 15) is 0 Å². The van der Waals surface area contributed by atoms with Crippen LogP contribution >= 0.6 is 0 Å². The van der Waals surface area contributed by atoms with Gasteiger partial charge in [0.2, 0.25) is 0 Å². The second-order valence-electron chi connectivity index (χ2n) is 12.8. The Kier molecular flexibility index (Phi) is 7.05. The number of para-hydroxylation sites is 3. The zero-order valence-corrected chi connectivity index (χ0v) is 27.5. The van der Waals surface area contributed by atoms with Gasteiger partial charge in [-0.3, -0.25) is 0 Å². The molecule has 0 N–H and O–H groups in total. The molecule has 49 heavy (non-hydrogen) atoms. The summed E-state index contributed by atoms with van der Waals surface area (Å²) in [7, 11) is 0. The van der Waals surface area contributed by atoms with E-state index in [2.05, 4.69) is 158 Å². The third kappa shape index (κ3) is 4.81. The van der Waals surface area contributed by atoms with E-state index in [1.165, 1.54) is 60.9 Å². The molecular weight excluding hydrogens is 595 g/mol. The van der Waals surface area contributed by atoms with Gasteiger partial charge in [-0.15, -0.1) is 0 Å². The fourth-order valence-electron chi connectivity index (χ4n) is 7.65. The number of fused-ring (bicyclic) bond motifs is 6. The summed E-state index contributed by atoms with van der Waals surface area (Å²) >= 11 is 0. The highest BCUT2D eigenvalue weighted by Gasteiger charge is 2.23. The summed E-state index contributed by atoms with van der Waals surface area (Å²) < 4.78 is 2.45. The van der Waals surface area contributed by atoms with Crippen molar-refractivity contribution in [2.45, 2.75) is 26.2 Å². The van der Waals surface area contributed by atoms with Crippen LogP contribution in [-0.2, 0) is 6.42 Å². The summed E-state index contributed by atoms with van der Waals surface area (Å²) in [6, 6.07) is 39.3. The highest BCUT2D eigenvalue weighted by Crippen LogP contribution is 2.42. The van der Waals surface area contributed by atoms with Gasteiger partial charge in [-0.2, -0.15) is 0 Å². The number of aromatic nitrogens is 3. The molecule has 3 nitrogen and oxygen atoms in total. The third-order valence-corrected chi connectivity index (χ3v) is 9.96. The maximum atomic E-state index is 5.28. The lowest BCUT2D eigenvalue weighted by Gasteiger charge is -2.21. The van der Waals surface area contributed by atoms with Crippen LogP contribution in [0.1, 0.15) is 36.5 Å². The Morgan fingerprint density at radius 3 is 2.37 bits per heavy atom. The standard InChI is InChI=1S/C46H35N3/c1-3-13-36-30(4-2)28-34-16-8-11-21-42(34)49-43-27-26-35(29-40(43)38-19-12-18-37(36)45(38)49)46-47-41-20-10-9-17-39(41)44(48-46)33-24-22-32(23-25-33)31-14-6-5-7-15-31/h3-4,6,8-27,29H,2,5,7,28H2,1H3/b13-3-,36-30-. The predicted octanol–water partition coefficient (Wildman–Crippen LogP) is 11.9. The van der Waals surface area contributed by atoms with Crippen molar-refractivity contribution in [3.05, 3.63) is 174 Å². The molecule has 1 aliphatic carbocycles. The molecular formula is C46H35N3. The topological polar surface area (TPSA) is 30.7 Å². The molecule has 0 unspecified atom stereocenters. The number of nitrogens with zero attached hydrogens (tertiary/aromatic N) is 3. The molecule has 5 aromatic carbocycles. The summed E-state index contributed by atoms with van der Waals surface area (Å²) in [5, 5.41) is 3.44. The van der Waals surface area contributed by atoms with Gasteiger partial charge in [0, 0.05) is 45.0 Å². The number of hydrogen-bond donors (Lipinski definition) is 0. The van der Waals surface area contributed by atoms with E-state index in [0.717, 1.165) is 52.8 Å². The summed E-state index contributed by atoms with van der Waals surface area (Å²) in [6.07, 6.45) is 16.2. The van der Waals surface area contributed by atoms with Gasteiger partial charge in [0.05, 0.1) is 22.2 Å². The quantitative estimate of drug-likeness (QED) is 0.190. The van der Waals surface area contributed by atoms with Crippen molar-refractivity contribution in [2.75, 3.05) is 0 Å². The van der Waals surface area contributed by atoms with Crippen LogP contribution in [0.3, 0.4) is 0 Å². The van der Waals surface area contributed by atoms with Crippen molar-refractivity contribution in [3.63, 3.8) is 0 Å². The van der Waals surface area contributed by atoms with E-state index in [4.69, 9.17) is 9.97 Å². The van der Waals surface area contributed by atoms with Gasteiger partial charge >= 0.3 is 0 Å². The first-order chi connectivity index (χ1) is 24.2. The summed E-state index contributed by atoms with van der Waals surface area (Å²) in [5.74, 6) is 0.725. The second kappa shape index (κ2) is 11.9. The highest BCUT2D eigenvalue weighted by molar-refractivity contribution is 6.14. The predicted molar refractivity (Wildman–Crippen MR) is 207 cm³/mol. The molecule has 0 atom stereocenters. The molecule has 2 aliphatic rings. The van der Waals surface area contributed by atoms with Gasteiger partial charge in [-0.05, 0) is 77.9 Å². The molecule has 2 aromatic heterocycles. The molecule has 3 heteroatoms. The Morgan fingerprint density at radius 2 is 1.53 bits per heavy atom. The van der Waals surface area contributed by atoms with Gasteiger partial charge in [-0.1, -0.05) is 122 Å². The molecule has 234 valence electrons. The Balaban J connectivity index is 1.26. The molecule has 0 saturated carbocycles. The monoisotopic (exact) mass is 629 g/mol. The van der Waals surface area contributed by atoms with Crippen molar-refractivity contribution >= 4 is 43.9 Å². The van der Waals surface area contributed by atoms with Crippen molar-refractivity contribution in [3.8, 4) is 28.3 Å². The van der Waals surface area contributed by atoms with Gasteiger partial charge in [0.25, 0.3) is 0 Å². The number of rotatable bonds is 5. The summed E-state index contributed by atoms with van der Waals surface area (Å²) in [4.78, 5) is 10.4. The fraction of sp³-hybridized carbons (Fsp3) is 0.0870. The average molecular weight is 630 g/mol. The molecule has 0 fully saturated rings. The van der Waals surface area contributed by atoms with Gasteiger partial charge < -0.3 is 4.57 Å². The molecule has 0 bridgehead atoms. The van der Waals surface area contributed by atoms with E-state index < -0.39 is 0 Å².